The van der Waals surface area contributed by atoms with Crippen LogP contribution in [0.2, 0.25) is 0 Å². The summed E-state index contributed by atoms with van der Waals surface area (Å²) in [6.07, 6.45) is 10.6. The van der Waals surface area contributed by atoms with E-state index >= 15 is 0 Å². The first-order valence-corrected chi connectivity index (χ1v) is 26.8. The van der Waals surface area contributed by atoms with Gasteiger partial charge in [0, 0.05) is 0 Å². The van der Waals surface area contributed by atoms with Gasteiger partial charge in [0.05, 0.1) is 0 Å². The van der Waals surface area contributed by atoms with Gasteiger partial charge in [-0.2, -0.15) is 0 Å². The molecule has 4 aliphatic heterocycles. The van der Waals surface area contributed by atoms with Crippen molar-refractivity contribution in [1.82, 2.24) is 5.58 Å². The number of fused-ring (bicyclic) bond motifs is 2. The van der Waals surface area contributed by atoms with E-state index < -0.39 is 22.1 Å². The number of hydrogen-bond donors (Lipinski definition) is 0. The van der Waals surface area contributed by atoms with Gasteiger partial charge in [0.25, 0.3) is 0 Å². The molecule has 0 N–H and O–H groups in total. The molecule has 0 saturated heterocycles. The molecule has 9 heteroatoms. The number of carbonyl (C=O) groups excluding carboxylic acids is 1. The van der Waals surface area contributed by atoms with E-state index in [4.69, 9.17) is 32.6 Å². The van der Waals surface area contributed by atoms with Gasteiger partial charge in [0.1, 0.15) is 0 Å². The summed E-state index contributed by atoms with van der Waals surface area (Å²) in [6.45, 7) is 19.9. The Morgan fingerprint density at radius 2 is 1.67 bits per heavy atom. The van der Waals surface area contributed by atoms with Crippen molar-refractivity contribution in [2.45, 2.75) is 94.4 Å². The number of hydrogen-bond acceptors (Lipinski definition) is 4. The third-order valence-electron chi connectivity index (χ3n) is 11.7. The maximum atomic E-state index is 13.9. The zero-order chi connectivity index (χ0) is 33.0. The Bertz CT molecular complexity index is 2040. The molecule has 0 aromatic carbocycles. The fourth-order valence-corrected chi connectivity index (χ4v) is 20.7. The Balaban J connectivity index is 1.74. The van der Waals surface area contributed by atoms with Crippen LogP contribution in [-0.4, -0.2) is 46.2 Å². The number of allylic oxidation sites excluding steroid dienone is 4. The molecule has 7 rings (SSSR count). The van der Waals surface area contributed by atoms with E-state index in [2.05, 4.69) is 79.2 Å². The summed E-state index contributed by atoms with van der Waals surface area (Å²) in [6, 6.07) is 0. The van der Waals surface area contributed by atoms with E-state index in [1.54, 1.807) is 0 Å². The molecule has 2 aromatic rings. The summed E-state index contributed by atoms with van der Waals surface area (Å²) in [5.74, 6) is -0.464. The number of esters is 1. The van der Waals surface area contributed by atoms with Crippen molar-refractivity contribution < 1.29 is 9.53 Å². The monoisotopic (exact) mass is 766 g/mol. The van der Waals surface area contributed by atoms with Crippen LogP contribution in [-0.2, 0) is 22.4 Å². The van der Waals surface area contributed by atoms with Crippen LogP contribution in [0.25, 0.3) is 23.8 Å². The van der Waals surface area contributed by atoms with Crippen LogP contribution in [0.1, 0.15) is 101 Å². The molecule has 6 nitrogen and oxygen atoms in total. The quantitative estimate of drug-likeness (QED) is 0.230. The number of ether oxygens (including phenoxy) is 1. The molecule has 1 aliphatic carbocycles. The van der Waals surface area contributed by atoms with Crippen LogP contribution in [0.15, 0.2) is 32.5 Å². The van der Waals surface area contributed by atoms with Crippen LogP contribution >= 0.6 is 17.8 Å². The maximum absolute atomic E-state index is 13.9. The molecule has 242 valence electrons. The van der Waals surface area contributed by atoms with Crippen molar-refractivity contribution in [3.8, 4) is 0 Å². The van der Waals surface area contributed by atoms with E-state index in [-0.39, 0.29) is 17.8 Å². The summed E-state index contributed by atoms with van der Waals surface area (Å²) >= 11 is -4.69. The van der Waals surface area contributed by atoms with E-state index in [1.807, 2.05) is 6.92 Å². The minimum atomic E-state index is -4.69. The molecule has 6 heterocycles. The summed E-state index contributed by atoms with van der Waals surface area (Å²) < 4.78 is 10.4. The van der Waals surface area contributed by atoms with Gasteiger partial charge >= 0.3 is 286 Å². The van der Waals surface area contributed by atoms with E-state index in [0.29, 0.717) is 13.0 Å². The first kappa shape index (κ1) is 32.3. The zero-order valence-electron chi connectivity index (χ0n) is 28.5. The molecule has 3 unspecified atom stereocenters. The predicted octanol–water partition coefficient (Wildman–Crippen LogP) is 7.23. The van der Waals surface area contributed by atoms with Crippen LogP contribution < -0.4 is 10.7 Å². The Labute approximate surface area is 284 Å². The molecule has 0 saturated carbocycles. The number of rotatable bonds is 6. The first-order chi connectivity index (χ1) is 21.9. The SMILES string of the molecule is CCOC(=O)C1CC2=C3N=C(C=c4c(CC)c(C)c5[n]4[Sn]([Cl])([Cl])[n]4c(c(CC)c(C)c42)C=C2N=C(C=5)C(CC)=C2C)C(C)C31CC. The second-order valence-corrected chi connectivity index (χ2v) is 27.2. The molecule has 6 bridgehead atoms. The molecule has 0 spiro atoms. The number of nitrogens with zero attached hydrogens (tertiary/aromatic N) is 4. The predicted molar refractivity (Wildman–Crippen MR) is 193 cm³/mol. The Hall–Kier alpha value is -2.29. The molecular weight excluding hydrogens is 722 g/mol. The van der Waals surface area contributed by atoms with Crippen molar-refractivity contribution in [3.63, 3.8) is 0 Å². The first-order valence-electron chi connectivity index (χ1n) is 17.0. The molecule has 0 fully saturated rings. The van der Waals surface area contributed by atoms with Gasteiger partial charge in [-0.25, -0.2) is 0 Å². The van der Waals surface area contributed by atoms with Gasteiger partial charge in [-0.15, -0.1) is 0 Å². The van der Waals surface area contributed by atoms with Gasteiger partial charge in [0.2, 0.25) is 0 Å². The molecule has 2 aromatic heterocycles. The van der Waals surface area contributed by atoms with Gasteiger partial charge in [0.15, 0.2) is 0 Å². The van der Waals surface area contributed by atoms with E-state index in [1.165, 1.54) is 33.4 Å². The number of halogens is 2. The van der Waals surface area contributed by atoms with Crippen molar-refractivity contribution in [1.29, 1.82) is 0 Å². The summed E-state index contributed by atoms with van der Waals surface area (Å²) in [4.78, 5) is 24.6. The minimum absolute atomic E-state index is 0.0119. The Morgan fingerprint density at radius 3 is 2.30 bits per heavy atom. The molecule has 3 atom stereocenters. The number of aromatic nitrogens is 2. The van der Waals surface area contributed by atoms with Crippen LogP contribution in [0.3, 0.4) is 0 Å². The third-order valence-corrected chi connectivity index (χ3v) is 22.0. The molecule has 0 radical (unpaired) electrons. The van der Waals surface area contributed by atoms with Gasteiger partial charge in [-0.05, 0) is 0 Å². The van der Waals surface area contributed by atoms with Crippen molar-refractivity contribution in [2.24, 2.45) is 27.2 Å². The van der Waals surface area contributed by atoms with Gasteiger partial charge < -0.3 is 0 Å². The number of aliphatic imine (C=N–C) groups is 2. The van der Waals surface area contributed by atoms with Crippen molar-refractivity contribution in [3.05, 3.63) is 66.9 Å². The van der Waals surface area contributed by atoms with Crippen LogP contribution in [0.5, 0.6) is 0 Å². The van der Waals surface area contributed by atoms with E-state index in [0.717, 1.165) is 76.2 Å². The molecular formula is C37H44Cl2N4O2Sn. The van der Waals surface area contributed by atoms with Crippen LogP contribution in [0, 0.1) is 31.1 Å². The average molecular weight is 766 g/mol. The Morgan fingerprint density at radius 1 is 0.957 bits per heavy atom. The average Bonchev–Trinajstić information content (AvgIpc) is 3.74. The van der Waals surface area contributed by atoms with Gasteiger partial charge in [-0.1, -0.05) is 0 Å². The molecule has 0 amide bonds. The Kier molecular flexibility index (Phi) is 7.81. The van der Waals surface area contributed by atoms with E-state index in [9.17, 15) is 4.79 Å². The molecule has 5 aliphatic rings. The summed E-state index contributed by atoms with van der Waals surface area (Å²) in [5, 5.41) is 2.09. The standard InChI is InChI=1S/C37H44N4O2.2ClH.Sn/c1-10-23-19(6)29-17-33-25(12-3)21(8)34(40-33)26-15-27(36(42)43-14-5)37(13-4)22(9)30(41-35(26)37)18-32-24(11-2)20(7)28(39-32)16-31(23)38-29;;;/h16-18,22,27H,10-15H2,1-9H3;2*1H;/q-2;;;+4/p-2. The van der Waals surface area contributed by atoms with Gasteiger partial charge in [-0.3, -0.25) is 0 Å². The normalized spacial score (nSPS) is 25.2. The zero-order valence-corrected chi connectivity index (χ0v) is 32.9. The summed E-state index contributed by atoms with van der Waals surface area (Å²) in [5.41, 5.74) is 14.0. The van der Waals surface area contributed by atoms with Crippen molar-refractivity contribution >= 4 is 75.7 Å². The number of carbonyl (C=O) groups is 1. The second-order valence-electron chi connectivity index (χ2n) is 13.4. The second kappa shape index (κ2) is 11.1. The summed E-state index contributed by atoms with van der Waals surface area (Å²) in [7, 11) is 16.2. The van der Waals surface area contributed by atoms with Crippen molar-refractivity contribution in [2.75, 3.05) is 6.61 Å². The fourth-order valence-electron chi connectivity index (χ4n) is 9.39. The third kappa shape index (κ3) is 3.98. The van der Waals surface area contributed by atoms with Crippen LogP contribution in [0.4, 0.5) is 0 Å². The fraction of sp³-hybridized carbons (Fsp3) is 0.486. The topological polar surface area (TPSA) is 60.9 Å². The molecule has 46 heavy (non-hydrogen) atoms.